The lowest BCUT2D eigenvalue weighted by Crippen LogP contribution is -2.28. The number of carbonyl (C=O) groups is 1. The summed E-state index contributed by atoms with van der Waals surface area (Å²) in [6.45, 7) is 2.04. The van der Waals surface area contributed by atoms with Gasteiger partial charge in [-0.1, -0.05) is 65.9 Å². The van der Waals surface area contributed by atoms with E-state index < -0.39 is 0 Å². The van der Waals surface area contributed by atoms with Gasteiger partial charge in [0, 0.05) is 54.9 Å². The van der Waals surface area contributed by atoms with Gasteiger partial charge in [-0.15, -0.1) is 0 Å². The first kappa shape index (κ1) is 26.7. The van der Waals surface area contributed by atoms with Crippen LogP contribution in [-0.2, 0) is 0 Å². The van der Waals surface area contributed by atoms with Gasteiger partial charge in [-0.05, 0) is 89.8 Å². The molecule has 1 aliphatic rings. The van der Waals surface area contributed by atoms with E-state index in [1.807, 2.05) is 64.3 Å². The van der Waals surface area contributed by atoms with Crippen molar-refractivity contribution in [2.24, 2.45) is 0 Å². The van der Waals surface area contributed by atoms with Crippen LogP contribution in [0, 0.1) is 6.92 Å². The largest absolute Gasteiger partial charge is 0.378 e. The van der Waals surface area contributed by atoms with Gasteiger partial charge in [-0.2, -0.15) is 0 Å². The second kappa shape index (κ2) is 10.8. The molecule has 0 fully saturated rings. The van der Waals surface area contributed by atoms with Crippen molar-refractivity contribution in [2.45, 2.75) is 16.7 Å². The molecule has 204 valence electrons. The summed E-state index contributed by atoms with van der Waals surface area (Å²) in [5.74, 6) is -0.0287. The van der Waals surface area contributed by atoms with E-state index in [0.717, 1.165) is 60.4 Å². The van der Waals surface area contributed by atoms with E-state index in [1.54, 1.807) is 11.8 Å². The fraction of sp³-hybridized carbons (Fsp3) is 0.139. The summed E-state index contributed by atoms with van der Waals surface area (Å²) in [4.78, 5) is 22.3. The van der Waals surface area contributed by atoms with Gasteiger partial charge in [-0.25, -0.2) is 0 Å². The number of hydrogen-bond donors (Lipinski definition) is 0. The topological polar surface area (TPSA) is 26.8 Å². The fourth-order valence-corrected chi connectivity index (χ4v) is 6.25. The Hall–Kier alpha value is -4.48. The molecule has 5 heteroatoms. The highest BCUT2D eigenvalue weighted by molar-refractivity contribution is 7.99. The predicted octanol–water partition coefficient (Wildman–Crippen LogP) is 8.90. The highest BCUT2D eigenvalue weighted by atomic mass is 32.2. The zero-order valence-corrected chi connectivity index (χ0v) is 24.9. The molecule has 0 saturated carbocycles. The smallest absolute Gasteiger partial charge is 0.262 e. The quantitative estimate of drug-likeness (QED) is 0.216. The van der Waals surface area contributed by atoms with Crippen LogP contribution >= 0.6 is 11.8 Å². The highest BCUT2D eigenvalue weighted by Gasteiger charge is 2.30. The summed E-state index contributed by atoms with van der Waals surface area (Å²) >= 11 is 1.72. The Bertz CT molecular complexity index is 1620. The number of benzene rings is 5. The number of anilines is 4. The minimum absolute atomic E-state index is 0.0287. The van der Waals surface area contributed by atoms with E-state index in [1.165, 1.54) is 0 Å². The average molecular weight is 556 g/mol. The molecule has 5 aromatic rings. The Labute approximate surface area is 246 Å². The van der Waals surface area contributed by atoms with Crippen LogP contribution in [0.5, 0.6) is 0 Å². The van der Waals surface area contributed by atoms with Crippen LogP contribution in [0.3, 0.4) is 0 Å². The molecule has 0 bridgehead atoms. The Morgan fingerprint density at radius 1 is 0.561 bits per heavy atom. The van der Waals surface area contributed by atoms with Crippen molar-refractivity contribution in [2.75, 3.05) is 42.9 Å². The fourth-order valence-electron chi connectivity index (χ4n) is 5.12. The summed E-state index contributed by atoms with van der Waals surface area (Å²) in [7, 11) is 8.19. The van der Waals surface area contributed by atoms with Gasteiger partial charge in [0.15, 0.2) is 0 Å². The maximum atomic E-state index is 14.1. The Kier molecular flexibility index (Phi) is 7.06. The lowest BCUT2D eigenvalue weighted by molar-refractivity contribution is 0.0998. The molecule has 5 aromatic carbocycles. The second-order valence-corrected chi connectivity index (χ2v) is 11.9. The van der Waals surface area contributed by atoms with E-state index in [-0.39, 0.29) is 5.91 Å². The standard InChI is InChI=1S/C36H33N3OS/c1-24-6-8-27(9-7-24)36(40)39-32-20-14-28(25-10-16-30(17-11-25)37(2)3)22-34(32)41-35-23-29(15-21-33(35)39)26-12-18-31(19-13-26)38(4)5/h6-23H,1-5H3. The van der Waals surface area contributed by atoms with Crippen LogP contribution < -0.4 is 14.7 Å². The molecular weight excluding hydrogens is 522 g/mol. The molecule has 0 N–H and O–H groups in total. The number of rotatable bonds is 5. The molecule has 0 spiro atoms. The van der Waals surface area contributed by atoms with Crippen molar-refractivity contribution in [1.82, 2.24) is 0 Å². The Balaban J connectivity index is 1.44. The summed E-state index contributed by atoms with van der Waals surface area (Å²) in [5.41, 5.74) is 10.5. The minimum Gasteiger partial charge on any atom is -0.378 e. The van der Waals surface area contributed by atoms with Crippen molar-refractivity contribution in [1.29, 1.82) is 0 Å². The number of carbonyl (C=O) groups excluding carboxylic acids is 1. The molecule has 0 atom stereocenters. The number of aryl methyl sites for hydroxylation is 1. The summed E-state index contributed by atoms with van der Waals surface area (Å²) in [5, 5.41) is 0. The lowest BCUT2D eigenvalue weighted by atomic mass is 10.0. The van der Waals surface area contributed by atoms with Crippen molar-refractivity contribution in [3.8, 4) is 22.3 Å². The van der Waals surface area contributed by atoms with Crippen molar-refractivity contribution < 1.29 is 4.79 Å². The lowest BCUT2D eigenvalue weighted by Gasteiger charge is -2.32. The van der Waals surface area contributed by atoms with Crippen LogP contribution in [0.4, 0.5) is 22.7 Å². The number of nitrogens with zero attached hydrogens (tertiary/aromatic N) is 3. The third-order valence-corrected chi connectivity index (χ3v) is 8.65. The molecular formula is C36H33N3OS. The van der Waals surface area contributed by atoms with E-state index >= 15 is 0 Å². The third kappa shape index (κ3) is 5.21. The third-order valence-electron chi connectivity index (χ3n) is 7.56. The van der Waals surface area contributed by atoms with E-state index in [4.69, 9.17) is 0 Å². The maximum Gasteiger partial charge on any atom is 0.262 e. The molecule has 6 rings (SSSR count). The molecule has 1 amide bonds. The minimum atomic E-state index is -0.0287. The summed E-state index contributed by atoms with van der Waals surface area (Å²) < 4.78 is 0. The van der Waals surface area contributed by atoms with Crippen molar-refractivity contribution in [3.63, 3.8) is 0 Å². The Morgan fingerprint density at radius 2 is 0.976 bits per heavy atom. The molecule has 0 aromatic heterocycles. The van der Waals surface area contributed by atoms with Gasteiger partial charge in [0.1, 0.15) is 0 Å². The summed E-state index contributed by atoms with van der Waals surface area (Å²) in [6, 6.07) is 37.8. The van der Waals surface area contributed by atoms with Crippen LogP contribution in [0.2, 0.25) is 0 Å². The first-order valence-corrected chi connectivity index (χ1v) is 14.5. The maximum absolute atomic E-state index is 14.1. The van der Waals surface area contributed by atoms with Crippen LogP contribution in [-0.4, -0.2) is 34.1 Å². The number of amides is 1. The van der Waals surface area contributed by atoms with Crippen molar-refractivity contribution >= 4 is 40.4 Å². The molecule has 0 aliphatic carbocycles. The zero-order chi connectivity index (χ0) is 28.7. The van der Waals surface area contributed by atoms with Gasteiger partial charge in [0.25, 0.3) is 5.91 Å². The van der Waals surface area contributed by atoms with Gasteiger partial charge >= 0.3 is 0 Å². The van der Waals surface area contributed by atoms with Crippen LogP contribution in [0.25, 0.3) is 22.3 Å². The molecule has 1 aliphatic heterocycles. The Morgan fingerprint density at radius 3 is 1.39 bits per heavy atom. The van der Waals surface area contributed by atoms with Gasteiger partial charge in [-0.3, -0.25) is 9.69 Å². The zero-order valence-electron chi connectivity index (χ0n) is 24.1. The molecule has 1 heterocycles. The number of hydrogen-bond acceptors (Lipinski definition) is 4. The van der Waals surface area contributed by atoms with E-state index in [9.17, 15) is 4.79 Å². The van der Waals surface area contributed by atoms with Crippen molar-refractivity contribution in [3.05, 3.63) is 120 Å². The van der Waals surface area contributed by atoms with E-state index in [2.05, 4.69) is 94.7 Å². The van der Waals surface area contributed by atoms with Crippen LogP contribution in [0.15, 0.2) is 119 Å². The van der Waals surface area contributed by atoms with E-state index in [0.29, 0.717) is 5.56 Å². The SMILES string of the molecule is Cc1ccc(C(=O)N2c3ccc(-c4ccc(N(C)C)cc4)cc3Sc3cc(-c4ccc(N(C)C)cc4)ccc32)cc1. The first-order valence-electron chi connectivity index (χ1n) is 13.7. The van der Waals surface area contributed by atoms with Gasteiger partial charge < -0.3 is 9.80 Å². The average Bonchev–Trinajstić information content (AvgIpc) is 2.99. The first-order chi connectivity index (χ1) is 19.8. The summed E-state index contributed by atoms with van der Waals surface area (Å²) in [6.07, 6.45) is 0. The van der Waals surface area contributed by atoms with Gasteiger partial charge in [0.2, 0.25) is 0 Å². The molecule has 4 nitrogen and oxygen atoms in total. The number of fused-ring (bicyclic) bond motifs is 2. The molecule has 0 unspecified atom stereocenters. The molecule has 0 saturated heterocycles. The highest BCUT2D eigenvalue weighted by Crippen LogP contribution is 2.50. The monoisotopic (exact) mass is 555 g/mol. The predicted molar refractivity (Wildman–Crippen MR) is 174 cm³/mol. The normalized spacial score (nSPS) is 12.0. The molecule has 0 radical (unpaired) electrons. The molecule has 41 heavy (non-hydrogen) atoms. The second-order valence-electron chi connectivity index (χ2n) is 10.9. The van der Waals surface area contributed by atoms with Gasteiger partial charge in [0.05, 0.1) is 11.4 Å². The van der Waals surface area contributed by atoms with Crippen LogP contribution in [0.1, 0.15) is 15.9 Å².